The van der Waals surface area contributed by atoms with E-state index in [9.17, 15) is 4.39 Å². The van der Waals surface area contributed by atoms with Crippen molar-refractivity contribution in [2.24, 2.45) is 11.7 Å². The maximum Gasteiger partial charge on any atom is 0.141 e. The molecule has 1 aliphatic rings. The first kappa shape index (κ1) is 12.5. The molecule has 0 bridgehead atoms. The van der Waals surface area contributed by atoms with Gasteiger partial charge in [-0.25, -0.2) is 4.39 Å². The topological polar surface area (TPSA) is 42.2 Å². The fourth-order valence-corrected chi connectivity index (χ4v) is 2.34. The zero-order chi connectivity index (χ0) is 12.4. The van der Waals surface area contributed by atoms with Crippen molar-refractivity contribution in [1.82, 2.24) is 9.88 Å². The number of aromatic nitrogens is 1. The molecule has 0 amide bonds. The molecule has 1 aromatic rings. The average molecular weight is 237 g/mol. The quantitative estimate of drug-likeness (QED) is 0.855. The van der Waals surface area contributed by atoms with Crippen LogP contribution in [-0.2, 0) is 0 Å². The third-order valence-corrected chi connectivity index (χ3v) is 3.80. The second kappa shape index (κ2) is 5.10. The average Bonchev–Trinajstić information content (AvgIpc) is 2.32. The Morgan fingerprint density at radius 1 is 1.53 bits per heavy atom. The molecular formula is C13H20FN3. The van der Waals surface area contributed by atoms with Crippen LogP contribution in [0.15, 0.2) is 18.5 Å². The van der Waals surface area contributed by atoms with Crippen molar-refractivity contribution in [1.29, 1.82) is 0 Å². The SMILES string of the molecule is CC1CCN(C(C)c2cncc(F)c2)CC1N. The van der Waals surface area contributed by atoms with Gasteiger partial charge in [0, 0.05) is 24.8 Å². The molecule has 0 spiro atoms. The van der Waals surface area contributed by atoms with Crippen molar-refractivity contribution >= 4 is 0 Å². The van der Waals surface area contributed by atoms with Gasteiger partial charge in [0.1, 0.15) is 5.82 Å². The Kier molecular flexibility index (Phi) is 3.74. The molecule has 3 atom stereocenters. The molecule has 1 aromatic heterocycles. The first-order valence-corrected chi connectivity index (χ1v) is 6.18. The number of halogens is 1. The zero-order valence-corrected chi connectivity index (χ0v) is 10.4. The molecule has 0 radical (unpaired) electrons. The van der Waals surface area contributed by atoms with E-state index in [1.54, 1.807) is 12.3 Å². The minimum absolute atomic E-state index is 0.178. The number of piperidine rings is 1. The Morgan fingerprint density at radius 3 is 2.94 bits per heavy atom. The summed E-state index contributed by atoms with van der Waals surface area (Å²) in [6, 6.07) is 1.95. The van der Waals surface area contributed by atoms with Gasteiger partial charge in [-0.1, -0.05) is 6.92 Å². The summed E-state index contributed by atoms with van der Waals surface area (Å²) in [7, 11) is 0. The molecule has 2 rings (SSSR count). The predicted molar refractivity (Wildman–Crippen MR) is 65.9 cm³/mol. The summed E-state index contributed by atoms with van der Waals surface area (Å²) >= 11 is 0. The van der Waals surface area contributed by atoms with E-state index in [1.165, 1.54) is 6.20 Å². The van der Waals surface area contributed by atoms with Crippen molar-refractivity contribution in [2.75, 3.05) is 13.1 Å². The molecule has 3 unspecified atom stereocenters. The minimum atomic E-state index is -0.274. The van der Waals surface area contributed by atoms with Crippen molar-refractivity contribution in [3.63, 3.8) is 0 Å². The lowest BCUT2D eigenvalue weighted by atomic mass is 9.92. The Hall–Kier alpha value is -1.00. The highest BCUT2D eigenvalue weighted by molar-refractivity contribution is 5.14. The fraction of sp³-hybridized carbons (Fsp3) is 0.615. The number of hydrogen-bond donors (Lipinski definition) is 1. The lowest BCUT2D eigenvalue weighted by Crippen LogP contribution is -2.48. The van der Waals surface area contributed by atoms with Crippen LogP contribution in [-0.4, -0.2) is 29.0 Å². The van der Waals surface area contributed by atoms with Gasteiger partial charge in [0.25, 0.3) is 0 Å². The van der Waals surface area contributed by atoms with Gasteiger partial charge in [-0.05, 0) is 37.4 Å². The molecule has 2 heterocycles. The summed E-state index contributed by atoms with van der Waals surface area (Å²) in [6.45, 7) is 6.17. The maximum absolute atomic E-state index is 13.1. The fourth-order valence-electron chi connectivity index (χ4n) is 2.34. The smallest absolute Gasteiger partial charge is 0.141 e. The van der Waals surface area contributed by atoms with E-state index in [0.29, 0.717) is 5.92 Å². The number of pyridine rings is 1. The molecule has 4 heteroatoms. The van der Waals surface area contributed by atoms with Crippen LogP contribution in [0.5, 0.6) is 0 Å². The summed E-state index contributed by atoms with van der Waals surface area (Å²) in [4.78, 5) is 6.21. The lowest BCUT2D eigenvalue weighted by Gasteiger charge is -2.38. The van der Waals surface area contributed by atoms with Crippen LogP contribution < -0.4 is 5.73 Å². The molecule has 2 N–H and O–H groups in total. The number of nitrogens with two attached hydrogens (primary N) is 1. The lowest BCUT2D eigenvalue weighted by molar-refractivity contribution is 0.128. The van der Waals surface area contributed by atoms with E-state index in [0.717, 1.165) is 25.1 Å². The van der Waals surface area contributed by atoms with E-state index in [1.807, 2.05) is 0 Å². The molecular weight excluding hydrogens is 217 g/mol. The molecule has 0 aliphatic carbocycles. The highest BCUT2D eigenvalue weighted by atomic mass is 19.1. The largest absolute Gasteiger partial charge is 0.326 e. The van der Waals surface area contributed by atoms with Crippen molar-refractivity contribution < 1.29 is 4.39 Å². The molecule has 17 heavy (non-hydrogen) atoms. The first-order chi connectivity index (χ1) is 8.08. The van der Waals surface area contributed by atoms with Crippen molar-refractivity contribution in [3.8, 4) is 0 Å². The monoisotopic (exact) mass is 237 g/mol. The maximum atomic E-state index is 13.1. The van der Waals surface area contributed by atoms with Gasteiger partial charge in [-0.2, -0.15) is 0 Å². The summed E-state index contributed by atoms with van der Waals surface area (Å²) in [5.41, 5.74) is 7.01. The molecule has 94 valence electrons. The summed E-state index contributed by atoms with van der Waals surface area (Å²) in [5, 5.41) is 0. The molecule has 0 saturated carbocycles. The van der Waals surface area contributed by atoms with Crippen LogP contribution in [0.25, 0.3) is 0 Å². The third kappa shape index (κ3) is 2.82. The van der Waals surface area contributed by atoms with Crippen LogP contribution in [0.3, 0.4) is 0 Å². The van der Waals surface area contributed by atoms with Gasteiger partial charge >= 0.3 is 0 Å². The van der Waals surface area contributed by atoms with Crippen LogP contribution in [0.1, 0.15) is 31.9 Å². The number of rotatable bonds is 2. The second-order valence-electron chi connectivity index (χ2n) is 5.04. The molecule has 1 fully saturated rings. The van der Waals surface area contributed by atoms with Gasteiger partial charge < -0.3 is 5.73 Å². The Labute approximate surface area is 102 Å². The molecule has 1 aliphatic heterocycles. The Balaban J connectivity index is 2.07. The van der Waals surface area contributed by atoms with Crippen molar-refractivity contribution in [2.45, 2.75) is 32.4 Å². The first-order valence-electron chi connectivity index (χ1n) is 6.18. The summed E-state index contributed by atoms with van der Waals surface area (Å²) in [5.74, 6) is 0.299. The molecule has 3 nitrogen and oxygen atoms in total. The highest BCUT2D eigenvalue weighted by Gasteiger charge is 2.26. The van der Waals surface area contributed by atoms with E-state index >= 15 is 0 Å². The summed E-state index contributed by atoms with van der Waals surface area (Å²) < 4.78 is 13.1. The van der Waals surface area contributed by atoms with Crippen LogP contribution in [0, 0.1) is 11.7 Å². The van der Waals surface area contributed by atoms with Gasteiger partial charge in [0.15, 0.2) is 0 Å². The van der Waals surface area contributed by atoms with Gasteiger partial charge in [0.05, 0.1) is 6.20 Å². The summed E-state index contributed by atoms with van der Waals surface area (Å²) in [6.07, 6.45) is 4.08. The number of likely N-dealkylation sites (tertiary alicyclic amines) is 1. The zero-order valence-electron chi connectivity index (χ0n) is 10.4. The minimum Gasteiger partial charge on any atom is -0.326 e. The molecule has 1 saturated heterocycles. The van der Waals surface area contributed by atoms with Crippen LogP contribution in [0.4, 0.5) is 4.39 Å². The Bertz CT molecular complexity index is 383. The third-order valence-electron chi connectivity index (χ3n) is 3.80. The van der Waals surface area contributed by atoms with Crippen molar-refractivity contribution in [3.05, 3.63) is 29.8 Å². The normalized spacial score (nSPS) is 28.0. The second-order valence-corrected chi connectivity index (χ2v) is 5.04. The molecule has 0 aromatic carbocycles. The van der Waals surface area contributed by atoms with Gasteiger partial charge in [-0.15, -0.1) is 0 Å². The number of hydrogen-bond acceptors (Lipinski definition) is 3. The van der Waals surface area contributed by atoms with E-state index in [-0.39, 0.29) is 17.9 Å². The van der Waals surface area contributed by atoms with Gasteiger partial charge in [0.2, 0.25) is 0 Å². The highest BCUT2D eigenvalue weighted by Crippen LogP contribution is 2.25. The predicted octanol–water partition coefficient (Wildman–Crippen LogP) is 1.95. The van der Waals surface area contributed by atoms with E-state index < -0.39 is 0 Å². The Morgan fingerprint density at radius 2 is 2.29 bits per heavy atom. The van der Waals surface area contributed by atoms with E-state index in [2.05, 4.69) is 23.7 Å². The number of nitrogens with zero attached hydrogens (tertiary/aromatic N) is 2. The van der Waals surface area contributed by atoms with Gasteiger partial charge in [-0.3, -0.25) is 9.88 Å². The standard InChI is InChI=1S/C13H20FN3/c1-9-3-4-17(8-13(9)15)10(2)11-5-12(14)7-16-6-11/h5-7,9-10,13H,3-4,8,15H2,1-2H3. The van der Waals surface area contributed by atoms with Crippen LogP contribution in [0.2, 0.25) is 0 Å². The van der Waals surface area contributed by atoms with Crippen LogP contribution >= 0.6 is 0 Å². The van der Waals surface area contributed by atoms with E-state index in [4.69, 9.17) is 5.73 Å².